The molecule has 3 rings (SSSR count). The second-order valence-corrected chi connectivity index (χ2v) is 8.94. The highest BCUT2D eigenvalue weighted by molar-refractivity contribution is 7.91. The maximum Gasteiger partial charge on any atom is 0.152 e. The first-order valence-corrected chi connectivity index (χ1v) is 9.51. The third-order valence-corrected chi connectivity index (χ3v) is 6.48. The molecule has 5 heteroatoms. The maximum absolute atomic E-state index is 11.7. The van der Waals surface area contributed by atoms with Crippen LogP contribution in [0.25, 0.3) is 0 Å². The number of sulfone groups is 1. The van der Waals surface area contributed by atoms with Crippen LogP contribution in [0, 0.1) is 0 Å². The number of benzene rings is 1. The highest BCUT2D eigenvalue weighted by Gasteiger charge is 2.40. The van der Waals surface area contributed by atoms with Gasteiger partial charge in [0.1, 0.15) is 0 Å². The smallest absolute Gasteiger partial charge is 0.152 e. The molecule has 0 radical (unpaired) electrons. The van der Waals surface area contributed by atoms with Gasteiger partial charge in [0, 0.05) is 31.2 Å². The molecule has 0 aliphatic carbocycles. The molecule has 0 bridgehead atoms. The highest BCUT2D eigenvalue weighted by atomic mass is 32.2. The van der Waals surface area contributed by atoms with E-state index in [-0.39, 0.29) is 11.3 Å². The van der Waals surface area contributed by atoms with Gasteiger partial charge in [0.2, 0.25) is 0 Å². The van der Waals surface area contributed by atoms with Crippen molar-refractivity contribution in [1.29, 1.82) is 0 Å². The van der Waals surface area contributed by atoms with Gasteiger partial charge in [-0.05, 0) is 25.3 Å². The van der Waals surface area contributed by atoms with Crippen LogP contribution in [0.1, 0.15) is 25.3 Å². The number of likely N-dealkylation sites (tertiary alicyclic amines) is 1. The number of hydrogen-bond donors (Lipinski definition) is 1. The predicted molar refractivity (Wildman–Crippen MR) is 84.9 cm³/mol. The second kappa shape index (κ2) is 5.71. The summed E-state index contributed by atoms with van der Waals surface area (Å²) in [5.74, 6) is 0.617. The lowest BCUT2D eigenvalue weighted by atomic mass is 10.0. The molecule has 2 fully saturated rings. The minimum atomic E-state index is -2.83. The Labute approximate surface area is 127 Å². The molecule has 2 saturated heterocycles. The Morgan fingerprint density at radius 3 is 2.76 bits per heavy atom. The van der Waals surface area contributed by atoms with Gasteiger partial charge in [-0.3, -0.25) is 4.90 Å². The van der Waals surface area contributed by atoms with E-state index in [4.69, 9.17) is 0 Å². The summed E-state index contributed by atoms with van der Waals surface area (Å²) in [4.78, 5) is 2.44. The van der Waals surface area contributed by atoms with Crippen molar-refractivity contribution < 1.29 is 8.42 Å². The van der Waals surface area contributed by atoms with E-state index < -0.39 is 9.84 Å². The van der Waals surface area contributed by atoms with Gasteiger partial charge in [-0.15, -0.1) is 0 Å². The van der Waals surface area contributed by atoms with Gasteiger partial charge in [0.15, 0.2) is 9.84 Å². The normalized spacial score (nSPS) is 32.5. The summed E-state index contributed by atoms with van der Waals surface area (Å²) in [5, 5.41) is 3.60. The van der Waals surface area contributed by atoms with E-state index in [1.54, 1.807) is 0 Å². The third kappa shape index (κ3) is 3.84. The molecule has 4 nitrogen and oxygen atoms in total. The summed E-state index contributed by atoms with van der Waals surface area (Å²) in [7, 11) is -2.83. The Morgan fingerprint density at radius 1 is 1.33 bits per heavy atom. The molecule has 2 atom stereocenters. The Morgan fingerprint density at radius 2 is 2.10 bits per heavy atom. The molecule has 1 N–H and O–H groups in total. The molecule has 2 unspecified atom stereocenters. The van der Waals surface area contributed by atoms with Crippen molar-refractivity contribution in [3.05, 3.63) is 35.9 Å². The van der Waals surface area contributed by atoms with Crippen LogP contribution in [0.15, 0.2) is 30.3 Å². The minimum Gasteiger partial charge on any atom is -0.306 e. The molecule has 2 aliphatic heterocycles. The third-order valence-electron chi connectivity index (χ3n) is 4.58. The van der Waals surface area contributed by atoms with E-state index in [1.165, 1.54) is 5.56 Å². The largest absolute Gasteiger partial charge is 0.306 e. The number of rotatable bonds is 4. The number of nitrogens with zero attached hydrogens (tertiary/aromatic N) is 1. The molecule has 0 spiro atoms. The van der Waals surface area contributed by atoms with Crippen molar-refractivity contribution in [3.63, 3.8) is 0 Å². The Bertz CT molecular complexity index is 588. The van der Waals surface area contributed by atoms with Crippen LogP contribution in [0.5, 0.6) is 0 Å². The molecule has 1 aromatic carbocycles. The predicted octanol–water partition coefficient (Wildman–Crippen LogP) is 1.43. The van der Waals surface area contributed by atoms with Crippen molar-refractivity contribution in [2.24, 2.45) is 0 Å². The average molecular weight is 308 g/mol. The first-order valence-electron chi connectivity index (χ1n) is 7.69. The summed E-state index contributed by atoms with van der Waals surface area (Å²) < 4.78 is 23.4. The van der Waals surface area contributed by atoms with Gasteiger partial charge >= 0.3 is 0 Å². The van der Waals surface area contributed by atoms with Gasteiger partial charge in [0.25, 0.3) is 0 Å². The van der Waals surface area contributed by atoms with E-state index in [9.17, 15) is 8.42 Å². The molecule has 116 valence electrons. The lowest BCUT2D eigenvalue weighted by Gasteiger charge is -2.28. The van der Waals surface area contributed by atoms with E-state index in [0.717, 1.165) is 32.5 Å². The molecule has 0 aromatic heterocycles. The zero-order valence-corrected chi connectivity index (χ0v) is 13.4. The van der Waals surface area contributed by atoms with Gasteiger partial charge in [-0.2, -0.15) is 0 Å². The summed E-state index contributed by atoms with van der Waals surface area (Å²) in [6.07, 6.45) is 1.84. The molecule has 1 aromatic rings. The maximum atomic E-state index is 11.7. The van der Waals surface area contributed by atoms with Crippen molar-refractivity contribution >= 4 is 9.84 Å². The highest BCUT2D eigenvalue weighted by Crippen LogP contribution is 2.25. The fourth-order valence-corrected chi connectivity index (χ4v) is 5.66. The summed E-state index contributed by atoms with van der Waals surface area (Å²) in [6.45, 7) is 5.12. The Balaban J connectivity index is 1.53. The SMILES string of the molecule is CC1(NC2CCN(Cc3ccccc3)C2)CCS(=O)(=O)C1. The first kappa shape index (κ1) is 15.0. The van der Waals surface area contributed by atoms with Gasteiger partial charge < -0.3 is 5.32 Å². The minimum absolute atomic E-state index is 0.230. The van der Waals surface area contributed by atoms with Crippen LogP contribution in [0.4, 0.5) is 0 Å². The van der Waals surface area contributed by atoms with Crippen LogP contribution in [0.2, 0.25) is 0 Å². The topological polar surface area (TPSA) is 49.4 Å². The van der Waals surface area contributed by atoms with E-state index in [0.29, 0.717) is 11.8 Å². The Kier molecular flexibility index (Phi) is 4.08. The van der Waals surface area contributed by atoms with E-state index in [1.807, 2.05) is 6.07 Å². The van der Waals surface area contributed by atoms with Crippen molar-refractivity contribution in [1.82, 2.24) is 10.2 Å². The first-order chi connectivity index (χ1) is 9.94. The van der Waals surface area contributed by atoms with Crippen LogP contribution in [-0.2, 0) is 16.4 Å². The fraction of sp³-hybridized carbons (Fsp3) is 0.625. The fourth-order valence-electron chi connectivity index (χ4n) is 3.55. The molecule has 0 saturated carbocycles. The van der Waals surface area contributed by atoms with E-state index in [2.05, 4.69) is 41.4 Å². The van der Waals surface area contributed by atoms with Crippen molar-refractivity contribution in [2.75, 3.05) is 24.6 Å². The van der Waals surface area contributed by atoms with Gasteiger partial charge in [-0.25, -0.2) is 8.42 Å². The molecule has 2 aliphatic rings. The zero-order chi connectivity index (χ0) is 14.9. The van der Waals surface area contributed by atoms with E-state index >= 15 is 0 Å². The van der Waals surface area contributed by atoms with Crippen LogP contribution in [0.3, 0.4) is 0 Å². The summed E-state index contributed by atoms with van der Waals surface area (Å²) in [5.41, 5.74) is 1.11. The standard InChI is InChI=1S/C16H24N2O2S/c1-16(8-10-21(19,20)13-16)17-15-7-9-18(12-15)11-14-5-3-2-4-6-14/h2-6,15,17H,7-13H2,1H3. The molecular weight excluding hydrogens is 284 g/mol. The summed E-state index contributed by atoms with van der Waals surface area (Å²) >= 11 is 0. The second-order valence-electron chi connectivity index (χ2n) is 6.75. The van der Waals surface area contributed by atoms with Crippen LogP contribution >= 0.6 is 0 Å². The van der Waals surface area contributed by atoms with Gasteiger partial charge in [-0.1, -0.05) is 30.3 Å². The molecule has 0 amide bonds. The quantitative estimate of drug-likeness (QED) is 0.914. The van der Waals surface area contributed by atoms with Crippen molar-refractivity contribution in [3.8, 4) is 0 Å². The zero-order valence-electron chi connectivity index (χ0n) is 12.6. The lowest BCUT2D eigenvalue weighted by molar-refractivity contribution is 0.296. The lowest BCUT2D eigenvalue weighted by Crippen LogP contribution is -2.50. The number of hydrogen-bond acceptors (Lipinski definition) is 4. The average Bonchev–Trinajstić information content (AvgIpc) is 2.95. The molecule has 21 heavy (non-hydrogen) atoms. The van der Waals surface area contributed by atoms with Crippen LogP contribution < -0.4 is 5.32 Å². The molecule has 2 heterocycles. The van der Waals surface area contributed by atoms with Crippen LogP contribution in [-0.4, -0.2) is 49.5 Å². The monoisotopic (exact) mass is 308 g/mol. The summed E-state index contributed by atoms with van der Waals surface area (Å²) in [6, 6.07) is 10.9. The van der Waals surface area contributed by atoms with Crippen molar-refractivity contribution in [2.45, 2.75) is 37.9 Å². The Hall–Kier alpha value is -0.910. The number of nitrogens with one attached hydrogen (secondary N) is 1. The van der Waals surface area contributed by atoms with Gasteiger partial charge in [0.05, 0.1) is 11.5 Å². The molecular formula is C16H24N2O2S.